The molecule has 0 spiro atoms. The van der Waals surface area contributed by atoms with E-state index >= 15 is 0 Å². The van der Waals surface area contributed by atoms with Crippen LogP contribution < -0.4 is 5.84 Å². The molecular weight excluding hydrogens is 292 g/mol. The maximum atomic E-state index is 6.02. The number of hydrogen-bond donors (Lipinski definition) is 1. The van der Waals surface area contributed by atoms with Gasteiger partial charge in [0, 0.05) is 6.42 Å². The van der Waals surface area contributed by atoms with E-state index in [1.54, 1.807) is 6.26 Å². The van der Waals surface area contributed by atoms with E-state index in [-0.39, 0.29) is 0 Å². The van der Waals surface area contributed by atoms with E-state index in [2.05, 4.69) is 20.4 Å². The van der Waals surface area contributed by atoms with Crippen LogP contribution in [0, 0.1) is 6.92 Å². The zero-order valence-electron chi connectivity index (χ0n) is 11.6. The first kappa shape index (κ1) is 13.7. The fraction of sp³-hybridized carbons (Fsp3) is 0.333. The van der Waals surface area contributed by atoms with Gasteiger partial charge in [-0.15, -0.1) is 20.4 Å². The molecular formula is C12H14N6O2S. The molecule has 0 saturated heterocycles. The Bertz CT molecular complexity index is 747. The first-order valence-corrected chi connectivity index (χ1v) is 7.36. The molecule has 0 amide bonds. The molecule has 9 heteroatoms. The van der Waals surface area contributed by atoms with Crippen molar-refractivity contribution in [1.29, 1.82) is 0 Å². The van der Waals surface area contributed by atoms with Crippen molar-refractivity contribution in [2.75, 3.05) is 5.84 Å². The molecule has 8 nitrogen and oxygen atoms in total. The van der Waals surface area contributed by atoms with Crippen molar-refractivity contribution in [3.63, 3.8) is 0 Å². The molecule has 0 bridgehead atoms. The molecule has 3 aromatic rings. The van der Waals surface area contributed by atoms with Crippen LogP contribution in [0.2, 0.25) is 0 Å². The highest BCUT2D eigenvalue weighted by Gasteiger charge is 2.16. The highest BCUT2D eigenvalue weighted by molar-refractivity contribution is 7.98. The van der Waals surface area contributed by atoms with Gasteiger partial charge in [-0.05, 0) is 13.0 Å². The molecule has 0 aliphatic carbocycles. The first-order valence-electron chi connectivity index (χ1n) is 6.38. The topological polar surface area (TPSA) is 109 Å². The zero-order valence-corrected chi connectivity index (χ0v) is 12.4. The summed E-state index contributed by atoms with van der Waals surface area (Å²) in [6, 6.07) is 1.81. The molecule has 21 heavy (non-hydrogen) atoms. The molecule has 2 N–H and O–H groups in total. The second-order valence-corrected chi connectivity index (χ2v) is 5.24. The molecule has 0 unspecified atom stereocenters. The Balaban J connectivity index is 1.75. The third kappa shape index (κ3) is 2.64. The summed E-state index contributed by atoms with van der Waals surface area (Å²) < 4.78 is 12.1. The summed E-state index contributed by atoms with van der Waals surface area (Å²) in [4.78, 5) is 0. The van der Waals surface area contributed by atoms with E-state index in [0.717, 1.165) is 11.3 Å². The molecule has 0 radical (unpaired) electrons. The second-order valence-electron chi connectivity index (χ2n) is 4.30. The quantitative estimate of drug-likeness (QED) is 0.561. The van der Waals surface area contributed by atoms with Gasteiger partial charge in [0.1, 0.15) is 5.76 Å². The fourth-order valence-corrected chi connectivity index (χ4v) is 2.49. The molecule has 0 aliphatic rings. The van der Waals surface area contributed by atoms with Gasteiger partial charge in [0.25, 0.3) is 0 Å². The highest BCUT2D eigenvalue weighted by atomic mass is 32.2. The van der Waals surface area contributed by atoms with Gasteiger partial charge >= 0.3 is 0 Å². The van der Waals surface area contributed by atoms with E-state index in [9.17, 15) is 0 Å². The lowest BCUT2D eigenvalue weighted by molar-refractivity contribution is 0.469. The number of hydrogen-bond acceptors (Lipinski definition) is 8. The number of nitrogens with zero attached hydrogens (tertiary/aromatic N) is 5. The lowest BCUT2D eigenvalue weighted by Crippen LogP contribution is -2.11. The van der Waals surface area contributed by atoms with Gasteiger partial charge in [-0.1, -0.05) is 18.7 Å². The Morgan fingerprint density at radius 1 is 1.24 bits per heavy atom. The minimum atomic E-state index is 0.493. The number of aryl methyl sites for hydroxylation is 2. The van der Waals surface area contributed by atoms with Gasteiger partial charge in [0.05, 0.1) is 17.6 Å². The fourth-order valence-electron chi connectivity index (χ4n) is 1.79. The van der Waals surface area contributed by atoms with Gasteiger partial charge in [-0.3, -0.25) is 0 Å². The third-order valence-electron chi connectivity index (χ3n) is 2.90. The molecule has 0 saturated carbocycles. The van der Waals surface area contributed by atoms with Crippen molar-refractivity contribution >= 4 is 11.8 Å². The van der Waals surface area contributed by atoms with Crippen molar-refractivity contribution in [3.05, 3.63) is 29.9 Å². The van der Waals surface area contributed by atoms with E-state index in [4.69, 9.17) is 14.7 Å². The normalized spacial score (nSPS) is 11.1. The molecule has 3 heterocycles. The number of thioether (sulfide) groups is 1. The van der Waals surface area contributed by atoms with Crippen LogP contribution in [-0.4, -0.2) is 25.1 Å². The van der Waals surface area contributed by atoms with E-state index in [1.807, 2.05) is 19.9 Å². The Kier molecular flexibility index (Phi) is 3.65. The van der Waals surface area contributed by atoms with Crippen molar-refractivity contribution < 1.29 is 8.83 Å². The van der Waals surface area contributed by atoms with Gasteiger partial charge in [-0.25, -0.2) is 4.68 Å². The largest absolute Gasteiger partial charge is 0.469 e. The lowest BCUT2D eigenvalue weighted by Gasteiger charge is -2.01. The summed E-state index contributed by atoms with van der Waals surface area (Å²) >= 11 is 1.39. The van der Waals surface area contributed by atoms with Crippen molar-refractivity contribution in [3.8, 4) is 11.4 Å². The number of nitrogen functional groups attached to an aromatic ring is 1. The van der Waals surface area contributed by atoms with Crippen LogP contribution in [0.5, 0.6) is 0 Å². The van der Waals surface area contributed by atoms with Crippen molar-refractivity contribution in [2.45, 2.75) is 31.2 Å². The van der Waals surface area contributed by atoms with Crippen LogP contribution in [0.4, 0.5) is 0 Å². The van der Waals surface area contributed by atoms with Gasteiger partial charge in [-0.2, -0.15) is 0 Å². The van der Waals surface area contributed by atoms with Gasteiger partial charge in [0.2, 0.25) is 16.9 Å². The number of aromatic nitrogens is 5. The first-order chi connectivity index (χ1) is 10.2. The van der Waals surface area contributed by atoms with Crippen molar-refractivity contribution in [2.24, 2.45) is 0 Å². The molecule has 0 aliphatic heterocycles. The van der Waals surface area contributed by atoms with E-state index in [0.29, 0.717) is 34.9 Å². The summed E-state index contributed by atoms with van der Waals surface area (Å²) in [6.45, 7) is 3.81. The summed E-state index contributed by atoms with van der Waals surface area (Å²) in [5.74, 6) is 8.98. The molecule has 110 valence electrons. The maximum absolute atomic E-state index is 6.02. The highest BCUT2D eigenvalue weighted by Crippen LogP contribution is 2.26. The third-order valence-corrected chi connectivity index (χ3v) is 3.83. The minimum Gasteiger partial charge on any atom is -0.469 e. The van der Waals surface area contributed by atoms with Crippen LogP contribution in [0.25, 0.3) is 11.4 Å². The van der Waals surface area contributed by atoms with Crippen molar-refractivity contribution in [1.82, 2.24) is 25.1 Å². The smallest absolute Gasteiger partial charge is 0.226 e. The number of furan rings is 1. The maximum Gasteiger partial charge on any atom is 0.226 e. The van der Waals surface area contributed by atoms with Crippen LogP contribution in [-0.2, 0) is 12.2 Å². The lowest BCUT2D eigenvalue weighted by atomic mass is 10.2. The predicted octanol–water partition coefficient (Wildman–Crippen LogP) is 1.80. The standard InChI is InChI=1S/C12H14N6O2S/c1-3-9-14-15-10(20-9)6-21-12-17-16-11(18(12)13)8-4-5-19-7(8)2/h4-5H,3,6,13H2,1-2H3. The molecule has 0 fully saturated rings. The van der Waals surface area contributed by atoms with Gasteiger partial charge < -0.3 is 14.7 Å². The molecule has 3 aromatic heterocycles. The molecule has 0 aromatic carbocycles. The summed E-state index contributed by atoms with van der Waals surface area (Å²) in [6.07, 6.45) is 2.31. The Hall–Kier alpha value is -2.29. The van der Waals surface area contributed by atoms with Crippen LogP contribution in [0.3, 0.4) is 0 Å². The summed E-state index contributed by atoms with van der Waals surface area (Å²) in [5, 5.41) is 16.6. The second kappa shape index (κ2) is 5.60. The van der Waals surface area contributed by atoms with Gasteiger partial charge in [0.15, 0.2) is 5.82 Å². The van der Waals surface area contributed by atoms with Crippen LogP contribution in [0.15, 0.2) is 26.3 Å². The number of rotatable bonds is 5. The molecule has 3 rings (SSSR count). The Labute approximate surface area is 124 Å². The van der Waals surface area contributed by atoms with E-state index < -0.39 is 0 Å². The Morgan fingerprint density at radius 2 is 2.05 bits per heavy atom. The Morgan fingerprint density at radius 3 is 2.71 bits per heavy atom. The summed E-state index contributed by atoms with van der Waals surface area (Å²) in [5.41, 5.74) is 0.822. The SMILES string of the molecule is CCc1nnc(CSc2nnc(-c3ccoc3C)n2N)o1. The van der Waals surface area contributed by atoms with E-state index in [1.165, 1.54) is 16.4 Å². The average molecular weight is 306 g/mol. The predicted molar refractivity (Wildman–Crippen MR) is 75.8 cm³/mol. The zero-order chi connectivity index (χ0) is 14.8. The van der Waals surface area contributed by atoms with Crippen LogP contribution >= 0.6 is 11.8 Å². The summed E-state index contributed by atoms with van der Waals surface area (Å²) in [7, 11) is 0. The monoisotopic (exact) mass is 306 g/mol. The average Bonchev–Trinajstić information content (AvgIpc) is 3.17. The van der Waals surface area contributed by atoms with Crippen LogP contribution in [0.1, 0.15) is 24.5 Å². The minimum absolute atomic E-state index is 0.493. The number of nitrogens with two attached hydrogens (primary N) is 1. The molecule has 0 atom stereocenters.